The Morgan fingerprint density at radius 1 is 1.26 bits per heavy atom. The molecule has 1 atom stereocenters. The molecule has 6 nitrogen and oxygen atoms in total. The van der Waals surface area contributed by atoms with Crippen LogP contribution in [0.15, 0.2) is 52.2 Å². The van der Waals surface area contributed by atoms with Gasteiger partial charge >= 0.3 is 6.18 Å². The summed E-state index contributed by atoms with van der Waals surface area (Å²) >= 11 is 1.14. The molecule has 2 aromatic heterocycles. The number of aromatic nitrogens is 3. The van der Waals surface area contributed by atoms with E-state index in [2.05, 4.69) is 15.5 Å². The van der Waals surface area contributed by atoms with Crippen LogP contribution in [-0.2, 0) is 18.0 Å². The third-order valence-corrected chi connectivity index (χ3v) is 4.82. The van der Waals surface area contributed by atoms with Gasteiger partial charge in [0.05, 0.1) is 17.1 Å². The fraction of sp³-hybridized carbons (Fsp3) is 0.235. The lowest BCUT2D eigenvalue weighted by Gasteiger charge is -2.13. The number of thioether (sulfide) groups is 1. The summed E-state index contributed by atoms with van der Waals surface area (Å²) in [5, 5.41) is 10.4. The summed E-state index contributed by atoms with van der Waals surface area (Å²) in [6.07, 6.45) is -2.95. The Morgan fingerprint density at radius 3 is 2.70 bits per heavy atom. The van der Waals surface area contributed by atoms with Crippen molar-refractivity contribution in [2.75, 3.05) is 5.32 Å². The molecule has 3 aromatic rings. The number of hydrogen-bond acceptors (Lipinski definition) is 5. The molecule has 0 aliphatic rings. The molecule has 142 valence electrons. The predicted molar refractivity (Wildman–Crippen MR) is 94.1 cm³/mol. The van der Waals surface area contributed by atoms with Gasteiger partial charge in [0.1, 0.15) is 0 Å². The molecule has 1 N–H and O–H groups in total. The van der Waals surface area contributed by atoms with Crippen molar-refractivity contribution in [3.8, 4) is 11.6 Å². The fourth-order valence-electron chi connectivity index (χ4n) is 2.27. The van der Waals surface area contributed by atoms with Crippen LogP contribution >= 0.6 is 11.8 Å². The van der Waals surface area contributed by atoms with Crippen LogP contribution in [0.5, 0.6) is 0 Å². The third-order valence-electron chi connectivity index (χ3n) is 3.69. The number of nitrogens with zero attached hydrogens (tertiary/aromatic N) is 3. The van der Waals surface area contributed by atoms with Gasteiger partial charge in [-0.05, 0) is 37.3 Å². The SMILES string of the molecule is CC(Sc1nnc(-c2ccco2)n1C)C(=O)Nc1cccc(C(F)(F)F)c1. The first kappa shape index (κ1) is 19.0. The van der Waals surface area contributed by atoms with Crippen molar-refractivity contribution >= 4 is 23.4 Å². The van der Waals surface area contributed by atoms with Crippen LogP contribution in [0.4, 0.5) is 18.9 Å². The third kappa shape index (κ3) is 4.33. The summed E-state index contributed by atoms with van der Waals surface area (Å²) in [5.74, 6) is 0.604. The minimum absolute atomic E-state index is 0.0801. The number of carbonyl (C=O) groups is 1. The van der Waals surface area contributed by atoms with E-state index in [1.165, 1.54) is 18.4 Å². The Kier molecular flexibility index (Phi) is 5.26. The monoisotopic (exact) mass is 396 g/mol. The molecule has 0 aliphatic carbocycles. The molecule has 2 heterocycles. The summed E-state index contributed by atoms with van der Waals surface area (Å²) in [5.41, 5.74) is -0.742. The van der Waals surface area contributed by atoms with E-state index in [-0.39, 0.29) is 5.69 Å². The van der Waals surface area contributed by atoms with E-state index in [0.717, 1.165) is 23.9 Å². The highest BCUT2D eigenvalue weighted by atomic mass is 32.2. The van der Waals surface area contributed by atoms with E-state index >= 15 is 0 Å². The molecule has 0 aliphatic heterocycles. The van der Waals surface area contributed by atoms with Crippen LogP contribution < -0.4 is 5.32 Å². The minimum atomic E-state index is -4.47. The first-order chi connectivity index (χ1) is 12.8. The molecular formula is C17H15F3N4O2S. The summed E-state index contributed by atoms with van der Waals surface area (Å²) in [6.45, 7) is 1.63. The van der Waals surface area contributed by atoms with E-state index < -0.39 is 22.9 Å². The van der Waals surface area contributed by atoms with Crippen LogP contribution in [0.3, 0.4) is 0 Å². The number of carbonyl (C=O) groups excluding carboxylic acids is 1. The quantitative estimate of drug-likeness (QED) is 0.654. The highest BCUT2D eigenvalue weighted by molar-refractivity contribution is 8.00. The molecule has 0 saturated heterocycles. The van der Waals surface area contributed by atoms with E-state index in [9.17, 15) is 18.0 Å². The van der Waals surface area contributed by atoms with Gasteiger partial charge in [-0.2, -0.15) is 13.2 Å². The van der Waals surface area contributed by atoms with Crippen molar-refractivity contribution in [3.05, 3.63) is 48.2 Å². The van der Waals surface area contributed by atoms with E-state index in [0.29, 0.717) is 16.7 Å². The summed E-state index contributed by atoms with van der Waals surface area (Å²) in [7, 11) is 1.73. The van der Waals surface area contributed by atoms with E-state index in [4.69, 9.17) is 4.42 Å². The number of rotatable bonds is 5. The standard InChI is InChI=1S/C17H15F3N4O2S/c1-10(15(25)21-12-6-3-5-11(9-12)17(18,19)20)27-16-23-22-14(24(16)2)13-7-4-8-26-13/h3-10H,1-2H3,(H,21,25). The van der Waals surface area contributed by atoms with Gasteiger partial charge in [0, 0.05) is 12.7 Å². The average Bonchev–Trinajstić information content (AvgIpc) is 3.25. The first-order valence-electron chi connectivity index (χ1n) is 7.84. The number of benzene rings is 1. The number of furan rings is 1. The lowest BCUT2D eigenvalue weighted by Crippen LogP contribution is -2.23. The number of anilines is 1. The number of alkyl halides is 3. The second-order valence-electron chi connectivity index (χ2n) is 5.67. The van der Waals surface area contributed by atoms with Gasteiger partial charge in [-0.1, -0.05) is 17.8 Å². The van der Waals surface area contributed by atoms with Gasteiger partial charge in [-0.25, -0.2) is 0 Å². The predicted octanol–water partition coefficient (Wildman–Crippen LogP) is 4.21. The Bertz CT molecular complexity index is 938. The van der Waals surface area contributed by atoms with Gasteiger partial charge < -0.3 is 14.3 Å². The smallest absolute Gasteiger partial charge is 0.416 e. The van der Waals surface area contributed by atoms with Crippen molar-refractivity contribution < 1.29 is 22.4 Å². The molecule has 3 rings (SSSR count). The first-order valence-corrected chi connectivity index (χ1v) is 8.71. The highest BCUT2D eigenvalue weighted by Crippen LogP contribution is 2.31. The lowest BCUT2D eigenvalue weighted by atomic mass is 10.2. The average molecular weight is 396 g/mol. The molecule has 0 spiro atoms. The minimum Gasteiger partial charge on any atom is -0.461 e. The second kappa shape index (κ2) is 7.47. The molecule has 0 bridgehead atoms. The van der Waals surface area contributed by atoms with Gasteiger partial charge in [0.2, 0.25) is 5.91 Å². The Balaban J connectivity index is 1.68. The molecule has 1 amide bonds. The van der Waals surface area contributed by atoms with Crippen molar-refractivity contribution in [3.63, 3.8) is 0 Å². The number of halogens is 3. The Hall–Kier alpha value is -2.75. The van der Waals surface area contributed by atoms with E-state index in [1.807, 2.05) is 0 Å². The van der Waals surface area contributed by atoms with Crippen molar-refractivity contribution in [2.24, 2.45) is 7.05 Å². The van der Waals surface area contributed by atoms with Crippen LogP contribution in [0.2, 0.25) is 0 Å². The maximum Gasteiger partial charge on any atom is 0.416 e. The number of nitrogens with one attached hydrogen (secondary N) is 1. The van der Waals surface area contributed by atoms with Crippen molar-refractivity contribution in [1.29, 1.82) is 0 Å². The maximum atomic E-state index is 12.8. The molecule has 10 heteroatoms. The van der Waals surface area contributed by atoms with Crippen molar-refractivity contribution in [2.45, 2.75) is 23.5 Å². The van der Waals surface area contributed by atoms with Crippen LogP contribution in [0, 0.1) is 0 Å². The fourth-order valence-corrected chi connectivity index (χ4v) is 3.08. The zero-order chi connectivity index (χ0) is 19.6. The molecule has 0 fully saturated rings. The van der Waals surface area contributed by atoms with Gasteiger partial charge in [-0.3, -0.25) is 4.79 Å². The summed E-state index contributed by atoms with van der Waals surface area (Å²) < 4.78 is 45.3. The van der Waals surface area contributed by atoms with Gasteiger partial charge in [0.25, 0.3) is 0 Å². The normalized spacial score (nSPS) is 12.8. The van der Waals surface area contributed by atoms with Gasteiger partial charge in [0.15, 0.2) is 16.7 Å². The molecule has 1 aromatic carbocycles. The Labute approximate surface area is 156 Å². The second-order valence-corrected chi connectivity index (χ2v) is 6.98. The van der Waals surface area contributed by atoms with Gasteiger partial charge in [-0.15, -0.1) is 10.2 Å². The summed E-state index contributed by atoms with van der Waals surface area (Å²) in [6, 6.07) is 7.96. The number of amides is 1. The van der Waals surface area contributed by atoms with Crippen LogP contribution in [-0.4, -0.2) is 25.9 Å². The molecule has 27 heavy (non-hydrogen) atoms. The summed E-state index contributed by atoms with van der Waals surface area (Å²) in [4.78, 5) is 12.3. The topological polar surface area (TPSA) is 73.0 Å². The molecule has 0 saturated carbocycles. The van der Waals surface area contributed by atoms with Crippen LogP contribution in [0.1, 0.15) is 12.5 Å². The number of hydrogen-bond donors (Lipinski definition) is 1. The Morgan fingerprint density at radius 2 is 2.04 bits per heavy atom. The zero-order valence-electron chi connectivity index (χ0n) is 14.3. The lowest BCUT2D eigenvalue weighted by molar-refractivity contribution is -0.137. The van der Waals surface area contributed by atoms with E-state index in [1.54, 1.807) is 30.7 Å². The van der Waals surface area contributed by atoms with Crippen molar-refractivity contribution in [1.82, 2.24) is 14.8 Å². The highest BCUT2D eigenvalue weighted by Gasteiger charge is 2.30. The largest absolute Gasteiger partial charge is 0.461 e. The van der Waals surface area contributed by atoms with Crippen LogP contribution in [0.25, 0.3) is 11.6 Å². The molecular weight excluding hydrogens is 381 g/mol. The molecule has 1 unspecified atom stereocenters. The zero-order valence-corrected chi connectivity index (χ0v) is 15.1. The molecule has 0 radical (unpaired) electrons. The maximum absolute atomic E-state index is 12.8.